The predicted molar refractivity (Wildman–Crippen MR) is 66.5 cm³/mol. The lowest BCUT2D eigenvalue weighted by Gasteiger charge is -2.21. The number of carboxylic acid groups (broad SMARTS) is 1. The van der Waals surface area contributed by atoms with Crippen LogP contribution in [0.4, 0.5) is 0 Å². The zero-order valence-electron chi connectivity index (χ0n) is 11.2. The Bertz CT molecular complexity index is 416. The van der Waals surface area contributed by atoms with Gasteiger partial charge in [0.2, 0.25) is 17.7 Å². The van der Waals surface area contributed by atoms with E-state index in [0.717, 1.165) is 4.90 Å². The molecule has 1 aliphatic heterocycles. The second-order valence-corrected chi connectivity index (χ2v) is 5.03. The fourth-order valence-corrected chi connectivity index (χ4v) is 1.85. The Morgan fingerprint density at radius 3 is 2.35 bits per heavy atom. The highest BCUT2D eigenvalue weighted by molar-refractivity contribution is 6.02. The minimum Gasteiger partial charge on any atom is -0.481 e. The molecule has 0 radical (unpaired) electrons. The third kappa shape index (κ3) is 4.96. The van der Waals surface area contributed by atoms with Gasteiger partial charge in [-0.1, -0.05) is 0 Å². The number of nitrogens with one attached hydrogen (secondary N) is 1. The number of imide groups is 1. The van der Waals surface area contributed by atoms with Crippen LogP contribution in [0.1, 0.15) is 32.6 Å². The van der Waals surface area contributed by atoms with E-state index < -0.39 is 23.9 Å². The largest absolute Gasteiger partial charge is 0.481 e. The van der Waals surface area contributed by atoms with Crippen molar-refractivity contribution < 1.29 is 29.4 Å². The monoisotopic (exact) mass is 286 g/mol. The first-order chi connectivity index (χ1) is 9.21. The summed E-state index contributed by atoms with van der Waals surface area (Å²) in [5.41, 5.74) is -1.54. The fraction of sp³-hybridized carbons (Fsp3) is 0.667. The van der Waals surface area contributed by atoms with Gasteiger partial charge in [-0.2, -0.15) is 0 Å². The Morgan fingerprint density at radius 1 is 1.30 bits per heavy atom. The normalized spacial score (nSPS) is 18.0. The molecule has 0 aliphatic carbocycles. The van der Waals surface area contributed by atoms with E-state index in [-0.39, 0.29) is 44.2 Å². The molecule has 0 saturated carbocycles. The van der Waals surface area contributed by atoms with Gasteiger partial charge in [0.15, 0.2) is 0 Å². The molecule has 1 fully saturated rings. The van der Waals surface area contributed by atoms with Gasteiger partial charge in [-0.3, -0.25) is 24.1 Å². The SMILES string of the molecule is CC(O)(CNC(=O)CCN1C(=O)CCC1=O)CC(=O)O. The second-order valence-electron chi connectivity index (χ2n) is 5.03. The summed E-state index contributed by atoms with van der Waals surface area (Å²) in [5.74, 6) is -2.21. The summed E-state index contributed by atoms with van der Waals surface area (Å²) >= 11 is 0. The average molecular weight is 286 g/mol. The summed E-state index contributed by atoms with van der Waals surface area (Å²) in [6.45, 7) is 1.10. The first kappa shape index (κ1) is 16.1. The summed E-state index contributed by atoms with van der Waals surface area (Å²) in [6.07, 6.45) is -0.210. The molecule has 20 heavy (non-hydrogen) atoms. The van der Waals surface area contributed by atoms with Crippen LogP contribution in [-0.4, -0.2) is 57.5 Å². The second kappa shape index (κ2) is 6.47. The molecule has 3 amide bonds. The Hall–Kier alpha value is -1.96. The van der Waals surface area contributed by atoms with E-state index in [9.17, 15) is 24.3 Å². The first-order valence-corrected chi connectivity index (χ1v) is 6.25. The van der Waals surface area contributed by atoms with Crippen LogP contribution in [0.25, 0.3) is 0 Å². The molecule has 0 bridgehead atoms. The fourth-order valence-electron chi connectivity index (χ4n) is 1.85. The number of likely N-dealkylation sites (tertiary alicyclic amines) is 1. The average Bonchev–Trinajstić information content (AvgIpc) is 2.62. The number of carboxylic acids is 1. The lowest BCUT2D eigenvalue weighted by Crippen LogP contribution is -2.43. The number of carbonyl (C=O) groups is 4. The van der Waals surface area contributed by atoms with Crippen molar-refractivity contribution >= 4 is 23.7 Å². The van der Waals surface area contributed by atoms with Crippen molar-refractivity contribution in [2.24, 2.45) is 0 Å². The van der Waals surface area contributed by atoms with Gasteiger partial charge in [-0.15, -0.1) is 0 Å². The number of amides is 3. The zero-order chi connectivity index (χ0) is 15.3. The highest BCUT2D eigenvalue weighted by atomic mass is 16.4. The number of nitrogens with zero attached hydrogens (tertiary/aromatic N) is 1. The number of carbonyl (C=O) groups excluding carboxylic acids is 3. The van der Waals surface area contributed by atoms with Crippen molar-refractivity contribution in [2.75, 3.05) is 13.1 Å². The third-order valence-electron chi connectivity index (χ3n) is 2.92. The van der Waals surface area contributed by atoms with Crippen molar-refractivity contribution in [3.05, 3.63) is 0 Å². The first-order valence-electron chi connectivity index (χ1n) is 6.25. The summed E-state index contributed by atoms with van der Waals surface area (Å²) in [7, 11) is 0. The van der Waals surface area contributed by atoms with Crippen LogP contribution in [0.5, 0.6) is 0 Å². The number of aliphatic carboxylic acids is 1. The van der Waals surface area contributed by atoms with E-state index in [1.54, 1.807) is 0 Å². The molecule has 0 spiro atoms. The van der Waals surface area contributed by atoms with Crippen molar-refractivity contribution in [2.45, 2.75) is 38.2 Å². The molecule has 0 aromatic carbocycles. The van der Waals surface area contributed by atoms with Gasteiger partial charge >= 0.3 is 5.97 Å². The maximum absolute atomic E-state index is 11.5. The molecule has 3 N–H and O–H groups in total. The minimum absolute atomic E-state index is 0.00454. The van der Waals surface area contributed by atoms with Crippen LogP contribution >= 0.6 is 0 Å². The number of hydrogen-bond donors (Lipinski definition) is 3. The smallest absolute Gasteiger partial charge is 0.306 e. The molecule has 1 heterocycles. The Kier molecular flexibility index (Phi) is 5.20. The van der Waals surface area contributed by atoms with Gasteiger partial charge in [0.1, 0.15) is 0 Å². The standard InChI is InChI=1S/C12H18N2O6/c1-12(20,6-11(18)19)7-13-8(15)4-5-14-9(16)2-3-10(14)17/h20H,2-7H2,1H3,(H,13,15)(H,18,19). The molecule has 0 aromatic heterocycles. The van der Waals surface area contributed by atoms with Crippen LogP contribution in [0, 0.1) is 0 Å². The number of rotatable bonds is 7. The lowest BCUT2D eigenvalue weighted by molar-refractivity contribution is -0.143. The molecular weight excluding hydrogens is 268 g/mol. The summed E-state index contributed by atoms with van der Waals surface area (Å²) < 4.78 is 0. The van der Waals surface area contributed by atoms with Crippen LogP contribution in [0.2, 0.25) is 0 Å². The molecule has 1 aliphatic rings. The number of aliphatic hydroxyl groups is 1. The van der Waals surface area contributed by atoms with E-state index in [0.29, 0.717) is 0 Å². The van der Waals surface area contributed by atoms with Crippen LogP contribution in [0.15, 0.2) is 0 Å². The Balaban J connectivity index is 2.32. The molecule has 1 unspecified atom stereocenters. The summed E-state index contributed by atoms with van der Waals surface area (Å²) in [5, 5.41) is 20.6. The van der Waals surface area contributed by atoms with Crippen LogP contribution < -0.4 is 5.32 Å². The van der Waals surface area contributed by atoms with Gasteiger partial charge in [-0.25, -0.2) is 0 Å². The molecule has 1 rings (SSSR count). The van der Waals surface area contributed by atoms with Crippen molar-refractivity contribution in [1.29, 1.82) is 0 Å². The zero-order valence-corrected chi connectivity index (χ0v) is 11.2. The lowest BCUT2D eigenvalue weighted by atomic mass is 10.0. The number of hydrogen-bond acceptors (Lipinski definition) is 5. The molecule has 8 nitrogen and oxygen atoms in total. The quantitative estimate of drug-likeness (QED) is 0.509. The van der Waals surface area contributed by atoms with E-state index in [2.05, 4.69) is 5.32 Å². The molecule has 1 atom stereocenters. The van der Waals surface area contributed by atoms with E-state index in [1.807, 2.05) is 0 Å². The van der Waals surface area contributed by atoms with Crippen molar-refractivity contribution in [3.8, 4) is 0 Å². The maximum Gasteiger partial charge on any atom is 0.306 e. The molecular formula is C12H18N2O6. The van der Waals surface area contributed by atoms with Crippen LogP contribution in [-0.2, 0) is 19.2 Å². The van der Waals surface area contributed by atoms with Gasteiger partial charge in [-0.05, 0) is 6.92 Å². The maximum atomic E-state index is 11.5. The van der Waals surface area contributed by atoms with Gasteiger partial charge in [0.25, 0.3) is 0 Å². The molecule has 112 valence electrons. The third-order valence-corrected chi connectivity index (χ3v) is 2.92. The Labute approximate surface area is 115 Å². The molecule has 0 aromatic rings. The molecule has 1 saturated heterocycles. The van der Waals surface area contributed by atoms with Crippen molar-refractivity contribution in [3.63, 3.8) is 0 Å². The van der Waals surface area contributed by atoms with Gasteiger partial charge < -0.3 is 15.5 Å². The Morgan fingerprint density at radius 2 is 1.85 bits per heavy atom. The van der Waals surface area contributed by atoms with E-state index >= 15 is 0 Å². The summed E-state index contributed by atoms with van der Waals surface area (Å²) in [6, 6.07) is 0. The minimum atomic E-state index is -1.54. The predicted octanol–water partition coefficient (Wildman–Crippen LogP) is -1.13. The summed E-state index contributed by atoms with van der Waals surface area (Å²) in [4.78, 5) is 45.6. The molecule has 8 heteroatoms. The highest BCUT2D eigenvalue weighted by Crippen LogP contribution is 2.12. The van der Waals surface area contributed by atoms with Gasteiger partial charge in [0.05, 0.1) is 12.0 Å². The van der Waals surface area contributed by atoms with E-state index in [4.69, 9.17) is 5.11 Å². The van der Waals surface area contributed by atoms with Crippen LogP contribution in [0.3, 0.4) is 0 Å². The van der Waals surface area contributed by atoms with Crippen molar-refractivity contribution in [1.82, 2.24) is 10.2 Å². The van der Waals surface area contributed by atoms with Gasteiger partial charge in [0, 0.05) is 32.4 Å². The highest BCUT2D eigenvalue weighted by Gasteiger charge is 2.29. The topological polar surface area (TPSA) is 124 Å². The van der Waals surface area contributed by atoms with E-state index in [1.165, 1.54) is 6.92 Å².